The highest BCUT2D eigenvalue weighted by atomic mass is 35.5. The topological polar surface area (TPSA) is 44.9 Å². The number of H-pyrrole nitrogens is 1. The summed E-state index contributed by atoms with van der Waals surface area (Å²) in [7, 11) is 0. The fourth-order valence-corrected chi connectivity index (χ4v) is 2.16. The second-order valence-electron chi connectivity index (χ2n) is 4.42. The van der Waals surface area contributed by atoms with Gasteiger partial charge in [-0.05, 0) is 26.8 Å². The third-order valence-corrected chi connectivity index (χ3v) is 2.93. The van der Waals surface area contributed by atoms with E-state index in [-0.39, 0.29) is 11.9 Å². The number of aromatic nitrogens is 1. The second-order valence-corrected chi connectivity index (χ2v) is 4.82. The maximum Gasteiger partial charge on any atom is 0.253 e. The number of aryl methyl sites for hydroxylation is 1. The molecular formula is C13H15ClN2O. The predicted molar refractivity (Wildman–Crippen MR) is 70.6 cm³/mol. The number of nitrogens with one attached hydrogen (secondary N) is 2. The molecule has 0 saturated heterocycles. The van der Waals surface area contributed by atoms with Gasteiger partial charge in [0.05, 0.1) is 16.1 Å². The molecule has 0 saturated carbocycles. The van der Waals surface area contributed by atoms with E-state index >= 15 is 0 Å². The molecule has 0 aliphatic heterocycles. The largest absolute Gasteiger partial charge is 0.357 e. The molecule has 1 amide bonds. The first-order chi connectivity index (χ1) is 8.00. The Labute approximate surface area is 105 Å². The molecule has 0 spiro atoms. The molecule has 0 atom stereocenters. The monoisotopic (exact) mass is 250 g/mol. The van der Waals surface area contributed by atoms with E-state index in [4.69, 9.17) is 11.6 Å². The van der Waals surface area contributed by atoms with Crippen molar-refractivity contribution in [1.82, 2.24) is 10.3 Å². The van der Waals surface area contributed by atoms with Gasteiger partial charge in [-0.1, -0.05) is 23.7 Å². The summed E-state index contributed by atoms with van der Waals surface area (Å²) in [5.74, 6) is -0.0639. The van der Waals surface area contributed by atoms with Crippen LogP contribution in [-0.4, -0.2) is 16.9 Å². The van der Waals surface area contributed by atoms with Crippen LogP contribution in [0.2, 0.25) is 5.02 Å². The van der Waals surface area contributed by atoms with Crippen LogP contribution in [-0.2, 0) is 0 Å². The van der Waals surface area contributed by atoms with Crippen molar-refractivity contribution in [1.29, 1.82) is 0 Å². The van der Waals surface area contributed by atoms with Gasteiger partial charge < -0.3 is 10.3 Å². The Balaban J connectivity index is 2.57. The number of fused-ring (bicyclic) bond motifs is 1. The Morgan fingerprint density at radius 1 is 1.41 bits per heavy atom. The van der Waals surface area contributed by atoms with Crippen molar-refractivity contribution in [3.63, 3.8) is 0 Å². The molecule has 1 aromatic heterocycles. The number of amides is 1. The van der Waals surface area contributed by atoms with Crippen LogP contribution in [0.3, 0.4) is 0 Å². The highest BCUT2D eigenvalue weighted by molar-refractivity contribution is 6.35. The maximum absolute atomic E-state index is 12.1. The molecule has 0 radical (unpaired) electrons. The molecule has 90 valence electrons. The minimum absolute atomic E-state index is 0.0639. The summed E-state index contributed by atoms with van der Waals surface area (Å²) >= 11 is 6.09. The number of rotatable bonds is 2. The van der Waals surface area contributed by atoms with Crippen LogP contribution in [0.4, 0.5) is 0 Å². The summed E-state index contributed by atoms with van der Waals surface area (Å²) in [6.45, 7) is 5.76. The Morgan fingerprint density at radius 2 is 2.12 bits per heavy atom. The zero-order chi connectivity index (χ0) is 12.6. The molecule has 3 nitrogen and oxygen atoms in total. The van der Waals surface area contributed by atoms with Crippen LogP contribution < -0.4 is 5.32 Å². The van der Waals surface area contributed by atoms with Gasteiger partial charge in [0.25, 0.3) is 5.91 Å². The fourth-order valence-electron chi connectivity index (χ4n) is 1.94. The molecule has 2 N–H and O–H groups in total. The molecule has 0 unspecified atom stereocenters. The van der Waals surface area contributed by atoms with Gasteiger partial charge in [0.1, 0.15) is 0 Å². The van der Waals surface area contributed by atoms with E-state index in [2.05, 4.69) is 10.3 Å². The number of aromatic amines is 1. The predicted octanol–water partition coefficient (Wildman–Crippen LogP) is 3.27. The molecule has 1 aromatic carbocycles. The highest BCUT2D eigenvalue weighted by Crippen LogP contribution is 2.27. The van der Waals surface area contributed by atoms with E-state index in [1.807, 2.05) is 39.0 Å². The van der Waals surface area contributed by atoms with Gasteiger partial charge in [-0.15, -0.1) is 0 Å². The SMILES string of the molecule is Cc1[nH]c2c(Cl)cccc2c1C(=O)NC(C)C. The Morgan fingerprint density at radius 3 is 2.76 bits per heavy atom. The van der Waals surface area contributed by atoms with E-state index in [1.54, 1.807) is 0 Å². The van der Waals surface area contributed by atoms with Crippen molar-refractivity contribution in [2.45, 2.75) is 26.8 Å². The quantitative estimate of drug-likeness (QED) is 0.844. The third kappa shape index (κ3) is 2.15. The number of benzene rings is 1. The molecule has 0 aliphatic carbocycles. The Hall–Kier alpha value is -1.48. The maximum atomic E-state index is 12.1. The number of hydrogen-bond acceptors (Lipinski definition) is 1. The van der Waals surface area contributed by atoms with Crippen LogP contribution in [0.15, 0.2) is 18.2 Å². The van der Waals surface area contributed by atoms with E-state index in [1.165, 1.54) is 0 Å². The standard InChI is InChI=1S/C13H15ClN2O/c1-7(2)15-13(17)11-8(3)16-12-9(11)5-4-6-10(12)14/h4-7,16H,1-3H3,(H,15,17). The summed E-state index contributed by atoms with van der Waals surface area (Å²) in [5, 5.41) is 4.40. The van der Waals surface area contributed by atoms with Crippen molar-refractivity contribution in [3.05, 3.63) is 34.5 Å². The van der Waals surface area contributed by atoms with E-state index in [0.717, 1.165) is 16.6 Å². The number of halogens is 1. The average molecular weight is 251 g/mol. The van der Waals surface area contributed by atoms with Gasteiger partial charge >= 0.3 is 0 Å². The lowest BCUT2D eigenvalue weighted by Gasteiger charge is -2.08. The van der Waals surface area contributed by atoms with Gasteiger partial charge in [-0.3, -0.25) is 4.79 Å². The van der Waals surface area contributed by atoms with Crippen molar-refractivity contribution >= 4 is 28.4 Å². The lowest BCUT2D eigenvalue weighted by molar-refractivity contribution is 0.0944. The number of carbonyl (C=O) groups excluding carboxylic acids is 1. The second kappa shape index (κ2) is 4.41. The molecule has 17 heavy (non-hydrogen) atoms. The average Bonchev–Trinajstić information content (AvgIpc) is 2.55. The molecule has 0 fully saturated rings. The number of hydrogen-bond donors (Lipinski definition) is 2. The first-order valence-electron chi connectivity index (χ1n) is 5.58. The minimum Gasteiger partial charge on any atom is -0.357 e. The summed E-state index contributed by atoms with van der Waals surface area (Å²) in [4.78, 5) is 15.2. The molecule has 0 bridgehead atoms. The van der Waals surface area contributed by atoms with Crippen molar-refractivity contribution in [2.24, 2.45) is 0 Å². The van der Waals surface area contributed by atoms with E-state index < -0.39 is 0 Å². The first-order valence-corrected chi connectivity index (χ1v) is 5.96. The van der Waals surface area contributed by atoms with Crippen LogP contribution in [0, 0.1) is 6.92 Å². The fraction of sp³-hybridized carbons (Fsp3) is 0.308. The minimum atomic E-state index is -0.0639. The zero-order valence-corrected chi connectivity index (χ0v) is 10.9. The van der Waals surface area contributed by atoms with Gasteiger partial charge in [-0.25, -0.2) is 0 Å². The van der Waals surface area contributed by atoms with Gasteiger partial charge in [0.15, 0.2) is 0 Å². The molecule has 0 aliphatic rings. The molecule has 1 heterocycles. The summed E-state index contributed by atoms with van der Waals surface area (Å²) in [6, 6.07) is 5.68. The highest BCUT2D eigenvalue weighted by Gasteiger charge is 2.17. The van der Waals surface area contributed by atoms with Gasteiger partial charge in [0.2, 0.25) is 0 Å². The van der Waals surface area contributed by atoms with Gasteiger partial charge in [0, 0.05) is 17.1 Å². The van der Waals surface area contributed by atoms with Crippen LogP contribution in [0.1, 0.15) is 29.9 Å². The van der Waals surface area contributed by atoms with Crippen LogP contribution in [0.5, 0.6) is 0 Å². The normalized spacial score (nSPS) is 11.1. The lowest BCUT2D eigenvalue weighted by Crippen LogP contribution is -2.30. The molecular weight excluding hydrogens is 236 g/mol. The first kappa shape index (κ1) is 12.0. The molecule has 2 aromatic rings. The van der Waals surface area contributed by atoms with E-state index in [0.29, 0.717) is 10.6 Å². The van der Waals surface area contributed by atoms with Gasteiger partial charge in [-0.2, -0.15) is 0 Å². The van der Waals surface area contributed by atoms with Crippen LogP contribution >= 0.6 is 11.6 Å². The molecule has 4 heteroatoms. The van der Waals surface area contributed by atoms with E-state index in [9.17, 15) is 4.79 Å². The summed E-state index contributed by atoms with van der Waals surface area (Å²) < 4.78 is 0. The third-order valence-electron chi connectivity index (χ3n) is 2.62. The lowest BCUT2D eigenvalue weighted by atomic mass is 10.1. The summed E-state index contributed by atoms with van der Waals surface area (Å²) in [5.41, 5.74) is 2.34. The van der Waals surface area contributed by atoms with Crippen LogP contribution in [0.25, 0.3) is 10.9 Å². The number of carbonyl (C=O) groups is 1. The summed E-state index contributed by atoms with van der Waals surface area (Å²) in [6.07, 6.45) is 0. The Bertz CT molecular complexity index is 572. The Kier molecular flexibility index (Phi) is 3.11. The smallest absolute Gasteiger partial charge is 0.253 e. The van der Waals surface area contributed by atoms with Crippen molar-refractivity contribution < 1.29 is 4.79 Å². The molecule has 2 rings (SSSR count). The van der Waals surface area contributed by atoms with Crippen molar-refractivity contribution in [2.75, 3.05) is 0 Å². The number of para-hydroxylation sites is 1. The van der Waals surface area contributed by atoms with Crippen molar-refractivity contribution in [3.8, 4) is 0 Å². The zero-order valence-electron chi connectivity index (χ0n) is 10.1.